The fourth-order valence-electron chi connectivity index (χ4n) is 3.00. The summed E-state index contributed by atoms with van der Waals surface area (Å²) in [4.78, 5) is 19.8. The Morgan fingerprint density at radius 1 is 1.03 bits per heavy atom. The molecule has 2 aromatic heterocycles. The molecule has 3 N–H and O–H groups in total. The molecule has 2 aromatic carbocycles. The van der Waals surface area contributed by atoms with Crippen molar-refractivity contribution in [2.24, 2.45) is 5.14 Å². The number of H-pyrrole nitrogens is 1. The lowest BCUT2D eigenvalue weighted by molar-refractivity contribution is 0.355. The van der Waals surface area contributed by atoms with E-state index in [9.17, 15) is 13.2 Å². The van der Waals surface area contributed by atoms with Crippen molar-refractivity contribution in [2.75, 3.05) is 14.2 Å². The highest BCUT2D eigenvalue weighted by Crippen LogP contribution is 2.31. The number of methoxy groups -OCH3 is 2. The number of nitrogens with one attached hydrogen (secondary N) is 1. The first-order chi connectivity index (χ1) is 14.3. The SMILES string of the molecule is COc1ccc(-c2nc3c(cnn3-c3ccc(S(N)(=O)=O)cc3)c(=O)[nH]2)cc1OC. The number of sulfonamides is 1. The van der Waals surface area contributed by atoms with Crippen LogP contribution in [-0.2, 0) is 10.0 Å². The molecule has 0 aliphatic heterocycles. The van der Waals surface area contributed by atoms with Gasteiger partial charge < -0.3 is 14.5 Å². The van der Waals surface area contributed by atoms with E-state index < -0.39 is 10.0 Å². The summed E-state index contributed by atoms with van der Waals surface area (Å²) in [7, 11) is -0.769. The highest BCUT2D eigenvalue weighted by molar-refractivity contribution is 7.89. The molecule has 2 heterocycles. The fourth-order valence-corrected chi connectivity index (χ4v) is 3.52. The summed E-state index contributed by atoms with van der Waals surface area (Å²) in [5.41, 5.74) is 1.09. The first-order valence-electron chi connectivity index (χ1n) is 8.65. The van der Waals surface area contributed by atoms with Crippen LogP contribution in [0, 0.1) is 0 Å². The molecule has 0 fully saturated rings. The predicted molar refractivity (Wildman–Crippen MR) is 109 cm³/mol. The maximum Gasteiger partial charge on any atom is 0.262 e. The zero-order chi connectivity index (χ0) is 21.5. The van der Waals surface area contributed by atoms with Gasteiger partial charge in [0.25, 0.3) is 5.56 Å². The van der Waals surface area contributed by atoms with Gasteiger partial charge in [-0.15, -0.1) is 0 Å². The van der Waals surface area contributed by atoms with Crippen LogP contribution in [0.25, 0.3) is 28.1 Å². The number of rotatable bonds is 5. The van der Waals surface area contributed by atoms with Crippen molar-refractivity contribution in [3.8, 4) is 28.6 Å². The highest BCUT2D eigenvalue weighted by atomic mass is 32.2. The summed E-state index contributed by atoms with van der Waals surface area (Å²) < 4.78 is 34.9. The van der Waals surface area contributed by atoms with Crippen LogP contribution in [0.2, 0.25) is 0 Å². The standard InChI is InChI=1S/C19H17N5O5S/c1-28-15-8-3-11(9-16(15)29-2)17-22-18-14(19(25)23-17)10-21-24(18)12-4-6-13(7-5-12)30(20,26)27/h3-10H,1-2H3,(H2,20,26,27)(H,22,23,25). The van der Waals surface area contributed by atoms with Gasteiger partial charge in [0.05, 0.1) is 31.0 Å². The normalized spacial score (nSPS) is 11.6. The van der Waals surface area contributed by atoms with Crippen LogP contribution in [0.3, 0.4) is 0 Å². The third kappa shape index (κ3) is 3.40. The van der Waals surface area contributed by atoms with E-state index in [0.29, 0.717) is 34.2 Å². The second-order valence-corrected chi connectivity index (χ2v) is 7.88. The smallest absolute Gasteiger partial charge is 0.262 e. The molecule has 10 nitrogen and oxygen atoms in total. The Morgan fingerprint density at radius 2 is 1.73 bits per heavy atom. The Labute approximate surface area is 170 Å². The minimum Gasteiger partial charge on any atom is -0.493 e. The van der Waals surface area contributed by atoms with Gasteiger partial charge in [-0.1, -0.05) is 0 Å². The molecule has 11 heteroatoms. The van der Waals surface area contributed by atoms with Crippen molar-refractivity contribution < 1.29 is 17.9 Å². The van der Waals surface area contributed by atoms with Crippen LogP contribution >= 0.6 is 0 Å². The highest BCUT2D eigenvalue weighted by Gasteiger charge is 2.15. The molecule has 0 saturated carbocycles. The number of nitrogens with two attached hydrogens (primary N) is 1. The van der Waals surface area contributed by atoms with Gasteiger partial charge in [0.2, 0.25) is 10.0 Å². The number of hydrogen-bond acceptors (Lipinski definition) is 7. The Morgan fingerprint density at radius 3 is 2.37 bits per heavy atom. The third-order valence-corrected chi connectivity index (χ3v) is 5.43. The van der Waals surface area contributed by atoms with E-state index in [1.807, 2.05) is 0 Å². The Balaban J connectivity index is 1.85. The van der Waals surface area contributed by atoms with E-state index in [1.165, 1.54) is 49.4 Å². The first kappa shape index (κ1) is 19.6. The summed E-state index contributed by atoms with van der Waals surface area (Å²) in [6.45, 7) is 0. The Hall–Kier alpha value is -3.70. The molecule has 0 spiro atoms. The van der Waals surface area contributed by atoms with Gasteiger partial charge in [0, 0.05) is 5.56 Å². The third-order valence-electron chi connectivity index (χ3n) is 4.50. The number of ether oxygens (including phenoxy) is 2. The number of aromatic amines is 1. The van der Waals surface area contributed by atoms with Gasteiger partial charge in [-0.05, 0) is 42.5 Å². The van der Waals surface area contributed by atoms with E-state index in [4.69, 9.17) is 14.6 Å². The fraction of sp³-hybridized carbons (Fsp3) is 0.105. The van der Waals surface area contributed by atoms with Gasteiger partial charge in [0.1, 0.15) is 11.2 Å². The Bertz CT molecular complexity index is 1410. The number of primary sulfonamides is 1. The maximum atomic E-state index is 12.6. The van der Waals surface area contributed by atoms with Crippen LogP contribution < -0.4 is 20.2 Å². The van der Waals surface area contributed by atoms with Gasteiger partial charge in [-0.2, -0.15) is 5.10 Å². The molecule has 0 saturated heterocycles. The number of fused-ring (bicyclic) bond motifs is 1. The van der Waals surface area contributed by atoms with Crippen LogP contribution in [0.5, 0.6) is 11.5 Å². The van der Waals surface area contributed by atoms with Crippen molar-refractivity contribution in [1.82, 2.24) is 19.7 Å². The van der Waals surface area contributed by atoms with Crippen molar-refractivity contribution in [1.29, 1.82) is 0 Å². The van der Waals surface area contributed by atoms with Crippen molar-refractivity contribution in [3.63, 3.8) is 0 Å². The summed E-state index contributed by atoms with van der Waals surface area (Å²) in [5.74, 6) is 1.35. The quantitative estimate of drug-likeness (QED) is 0.491. The number of benzene rings is 2. The van der Waals surface area contributed by atoms with Gasteiger partial charge in [0.15, 0.2) is 17.1 Å². The van der Waals surface area contributed by atoms with Crippen LogP contribution in [-0.4, -0.2) is 42.4 Å². The zero-order valence-corrected chi connectivity index (χ0v) is 16.8. The molecule has 0 aliphatic carbocycles. The van der Waals surface area contributed by atoms with Crippen LogP contribution in [0.1, 0.15) is 0 Å². The van der Waals surface area contributed by atoms with Gasteiger partial charge >= 0.3 is 0 Å². The average Bonchev–Trinajstić information content (AvgIpc) is 3.17. The largest absolute Gasteiger partial charge is 0.493 e. The minimum atomic E-state index is -3.82. The van der Waals surface area contributed by atoms with E-state index in [-0.39, 0.29) is 15.8 Å². The van der Waals surface area contributed by atoms with Crippen LogP contribution in [0.15, 0.2) is 58.4 Å². The molecule has 0 bridgehead atoms. The first-order valence-corrected chi connectivity index (χ1v) is 10.2. The monoisotopic (exact) mass is 427 g/mol. The lowest BCUT2D eigenvalue weighted by Crippen LogP contribution is -2.12. The molecular formula is C19H17N5O5S. The van der Waals surface area contributed by atoms with Crippen molar-refractivity contribution >= 4 is 21.1 Å². The molecule has 30 heavy (non-hydrogen) atoms. The van der Waals surface area contributed by atoms with Crippen molar-refractivity contribution in [3.05, 3.63) is 59.0 Å². The van der Waals surface area contributed by atoms with E-state index in [2.05, 4.69) is 15.1 Å². The summed E-state index contributed by atoms with van der Waals surface area (Å²) in [6, 6.07) is 10.9. The molecule has 4 aromatic rings. The number of nitrogens with zero attached hydrogens (tertiary/aromatic N) is 3. The topological polar surface area (TPSA) is 142 Å². The zero-order valence-electron chi connectivity index (χ0n) is 16.0. The molecule has 0 atom stereocenters. The minimum absolute atomic E-state index is 0.0282. The second-order valence-electron chi connectivity index (χ2n) is 6.32. The van der Waals surface area contributed by atoms with Crippen LogP contribution in [0.4, 0.5) is 0 Å². The summed E-state index contributed by atoms with van der Waals surface area (Å²) in [5, 5.41) is 9.65. The molecule has 0 unspecified atom stereocenters. The number of hydrogen-bond donors (Lipinski definition) is 2. The lowest BCUT2D eigenvalue weighted by atomic mass is 10.2. The van der Waals surface area contributed by atoms with Gasteiger partial charge in [-0.3, -0.25) is 4.79 Å². The molecule has 0 radical (unpaired) electrons. The molecular weight excluding hydrogens is 410 g/mol. The second kappa shape index (κ2) is 7.28. The average molecular weight is 427 g/mol. The van der Waals surface area contributed by atoms with E-state index >= 15 is 0 Å². The number of aromatic nitrogens is 4. The molecule has 4 rings (SSSR count). The lowest BCUT2D eigenvalue weighted by Gasteiger charge is -2.09. The van der Waals surface area contributed by atoms with Crippen molar-refractivity contribution in [2.45, 2.75) is 4.90 Å². The van der Waals surface area contributed by atoms with E-state index in [0.717, 1.165) is 0 Å². The van der Waals surface area contributed by atoms with E-state index in [1.54, 1.807) is 18.2 Å². The summed E-state index contributed by atoms with van der Waals surface area (Å²) >= 11 is 0. The molecule has 0 aliphatic rings. The maximum absolute atomic E-state index is 12.6. The predicted octanol–water partition coefficient (Wildman–Crippen LogP) is 1.44. The van der Waals surface area contributed by atoms with Gasteiger partial charge in [-0.25, -0.2) is 23.2 Å². The molecule has 0 amide bonds. The summed E-state index contributed by atoms with van der Waals surface area (Å²) in [6.07, 6.45) is 1.40. The Kier molecular flexibility index (Phi) is 4.76. The molecule has 154 valence electrons.